The number of esters is 2. The van der Waals surface area contributed by atoms with E-state index in [4.69, 9.17) is 14.2 Å². The van der Waals surface area contributed by atoms with Crippen molar-refractivity contribution in [3.05, 3.63) is 0 Å². The third-order valence-electron chi connectivity index (χ3n) is 21.0. The molecule has 9 rings (SSSR count). The van der Waals surface area contributed by atoms with E-state index in [-0.39, 0.29) is 42.6 Å². The highest BCUT2D eigenvalue weighted by Gasteiger charge is 2.73. The van der Waals surface area contributed by atoms with Crippen LogP contribution in [0.3, 0.4) is 0 Å². The van der Waals surface area contributed by atoms with E-state index in [9.17, 15) is 30.0 Å². The number of aliphatic hydroxyl groups is 4. The Hall–Kier alpha value is 0.200. The third kappa shape index (κ3) is 8.04. The second-order valence-corrected chi connectivity index (χ2v) is 28.1. The average Bonchev–Trinajstić information content (AvgIpc) is 4.10. The van der Waals surface area contributed by atoms with E-state index in [1.54, 1.807) is 0 Å². The molecule has 4 N–H and O–H groups in total. The molecule has 9 fully saturated rings. The minimum absolute atomic E-state index is 0.133. The average molecular weight is 1120 g/mol. The van der Waals surface area contributed by atoms with E-state index >= 15 is 0 Å². The minimum atomic E-state index is -1.02. The zero-order chi connectivity index (χ0) is 45.7. The lowest BCUT2D eigenvalue weighted by Gasteiger charge is -2.68. The quantitative estimate of drug-likeness (QED) is 0.0805. The summed E-state index contributed by atoms with van der Waals surface area (Å²) in [5.41, 5.74) is -7.46. The molecule has 0 aromatic rings. The van der Waals surface area contributed by atoms with Gasteiger partial charge in [-0.05, 0) is 161 Å². The highest BCUT2D eigenvalue weighted by atomic mass is 127. The number of hydrogen-bond acceptors (Lipinski definition) is 9. The van der Waals surface area contributed by atoms with Gasteiger partial charge in [-0.25, -0.2) is 0 Å². The first-order valence-corrected chi connectivity index (χ1v) is 28.9. The van der Waals surface area contributed by atoms with Crippen molar-refractivity contribution in [2.24, 2.45) is 27.6 Å². The van der Waals surface area contributed by atoms with Crippen LogP contribution in [0.1, 0.15) is 233 Å². The summed E-state index contributed by atoms with van der Waals surface area (Å²) in [7, 11) is 0. The van der Waals surface area contributed by atoms with Gasteiger partial charge in [0.05, 0.1) is 34.1 Å². The highest BCUT2D eigenvalue weighted by Crippen LogP contribution is 2.74. The van der Waals surface area contributed by atoms with Gasteiger partial charge in [0.25, 0.3) is 0 Å². The summed E-state index contributed by atoms with van der Waals surface area (Å²) in [5, 5.41) is 52.1. The van der Waals surface area contributed by atoms with Crippen LogP contribution in [0.5, 0.6) is 0 Å². The Kier molecular flexibility index (Phi) is 13.2. The molecular formula is C53H84I2O9. The van der Waals surface area contributed by atoms with Crippen molar-refractivity contribution in [1.82, 2.24) is 0 Å². The molecule has 0 heterocycles. The van der Waals surface area contributed by atoms with Crippen molar-refractivity contribution >= 4 is 57.1 Å². The molecule has 4 bridgehead atoms. The van der Waals surface area contributed by atoms with Crippen LogP contribution in [0.25, 0.3) is 0 Å². The molecule has 8 unspecified atom stereocenters. The molecule has 0 aromatic heterocycles. The van der Waals surface area contributed by atoms with Crippen molar-refractivity contribution in [2.45, 2.75) is 286 Å². The summed E-state index contributed by atoms with van der Waals surface area (Å²) in [4.78, 5) is 27.4. The number of alkyl halides is 2. The van der Waals surface area contributed by atoms with Crippen LogP contribution in [0.2, 0.25) is 0 Å². The second kappa shape index (κ2) is 17.2. The normalized spacial score (nSPS) is 45.2. The van der Waals surface area contributed by atoms with Crippen LogP contribution in [-0.2, 0) is 23.8 Å². The van der Waals surface area contributed by atoms with Gasteiger partial charge in [-0.3, -0.25) is 9.59 Å². The van der Waals surface area contributed by atoms with Gasteiger partial charge in [-0.15, -0.1) is 0 Å². The van der Waals surface area contributed by atoms with Gasteiger partial charge in [0, 0.05) is 28.1 Å². The molecule has 0 radical (unpaired) electrons. The molecule has 0 aliphatic heterocycles. The first kappa shape index (κ1) is 49.2. The summed E-state index contributed by atoms with van der Waals surface area (Å²) in [5.74, 6) is -0.466. The molecular weight excluding hydrogens is 1030 g/mol. The summed E-state index contributed by atoms with van der Waals surface area (Å²) < 4.78 is 20.7. The fourth-order valence-corrected chi connectivity index (χ4v) is 18.8. The van der Waals surface area contributed by atoms with Gasteiger partial charge >= 0.3 is 11.9 Å². The Balaban J connectivity index is 1.04. The van der Waals surface area contributed by atoms with Crippen LogP contribution >= 0.6 is 45.2 Å². The lowest BCUT2D eigenvalue weighted by Crippen LogP contribution is -2.68. The Bertz CT molecular complexity index is 1710. The Labute approximate surface area is 412 Å². The summed E-state index contributed by atoms with van der Waals surface area (Å²) in [6.45, 7) is 8.32. The number of carbonyl (C=O) groups excluding carboxylic acids is 2. The molecule has 9 aliphatic rings. The number of rotatable bonds is 13. The van der Waals surface area contributed by atoms with Crippen molar-refractivity contribution in [3.63, 3.8) is 0 Å². The van der Waals surface area contributed by atoms with E-state index in [0.29, 0.717) is 83.5 Å². The zero-order valence-electron chi connectivity index (χ0n) is 40.0. The van der Waals surface area contributed by atoms with E-state index in [1.807, 2.05) is 13.8 Å². The maximum atomic E-state index is 13.7. The molecule has 0 amide bonds. The summed E-state index contributed by atoms with van der Waals surface area (Å²) in [6, 6.07) is 0. The highest BCUT2D eigenvalue weighted by molar-refractivity contribution is 14.1. The van der Waals surface area contributed by atoms with Crippen LogP contribution in [-0.4, -0.2) is 85.5 Å². The fourth-order valence-electron chi connectivity index (χ4n) is 18.6. The van der Waals surface area contributed by atoms with E-state index < -0.39 is 50.0 Å². The number of carbonyl (C=O) groups is 2. The summed E-state index contributed by atoms with van der Waals surface area (Å²) in [6.07, 6.45) is 26.1. The van der Waals surface area contributed by atoms with Gasteiger partial charge in [0.15, 0.2) is 0 Å². The van der Waals surface area contributed by atoms with E-state index in [0.717, 1.165) is 122 Å². The molecule has 0 spiro atoms. The fraction of sp³-hybridized carbons (Fsp3) is 0.962. The molecule has 64 heavy (non-hydrogen) atoms. The van der Waals surface area contributed by atoms with Crippen molar-refractivity contribution in [1.29, 1.82) is 0 Å². The molecule has 11 heteroatoms. The Morgan fingerprint density at radius 3 is 1.38 bits per heavy atom. The molecule has 9 nitrogen and oxygen atoms in total. The molecule has 0 aromatic carbocycles. The summed E-state index contributed by atoms with van der Waals surface area (Å²) >= 11 is 4.43. The Morgan fingerprint density at radius 1 is 0.516 bits per heavy atom. The largest absolute Gasteiger partial charge is 0.459 e. The van der Waals surface area contributed by atoms with Gasteiger partial charge in [-0.1, -0.05) is 117 Å². The minimum Gasteiger partial charge on any atom is -0.459 e. The zero-order valence-corrected chi connectivity index (χ0v) is 44.3. The first-order valence-electron chi connectivity index (χ1n) is 26.4. The van der Waals surface area contributed by atoms with Crippen LogP contribution < -0.4 is 0 Å². The molecule has 9 aliphatic carbocycles. The van der Waals surface area contributed by atoms with E-state index in [2.05, 4.69) is 59.0 Å². The van der Waals surface area contributed by atoms with Crippen LogP contribution in [0, 0.1) is 27.6 Å². The lowest BCUT2D eigenvalue weighted by atomic mass is 9.40. The van der Waals surface area contributed by atoms with Crippen molar-refractivity contribution in [3.8, 4) is 0 Å². The van der Waals surface area contributed by atoms with Crippen molar-refractivity contribution < 1.29 is 44.2 Å². The number of halogens is 2. The van der Waals surface area contributed by atoms with Gasteiger partial charge < -0.3 is 34.6 Å². The predicted molar refractivity (Wildman–Crippen MR) is 264 cm³/mol. The van der Waals surface area contributed by atoms with Crippen molar-refractivity contribution in [2.75, 3.05) is 0 Å². The molecule has 0 saturated heterocycles. The standard InChI is InChI=1S/C53H84I2O9/c1-5-39(54)41(56)63-43(3)31-45(50(59)19-7-8-20-50)17-15-18-46(32-43,35-45)53(25-13-14-26-53)62-38-16-27-49(58,30-38)37-28-47(51(60)21-9-10-22-51)33-44(4,64-42(57)40(55)6-2)34-48(29-37,36-47)52(61)23-11-12-24-52/h37-40,58-61H,5-36H2,1-4H3/t37?,38?,39?,40?,43?,44?,45?,46-,47?,48?,49?/m0/s1. The Morgan fingerprint density at radius 2 is 0.906 bits per heavy atom. The number of ether oxygens (including phenoxy) is 3. The SMILES string of the molecule is CCC(I)C(=O)OC1(C)CC2(C3(O)CCCC3)CC(C3(O)CCC(OC4([C@@]56CCCC(C7(O)CCCC7)(CC(C)(OC(=O)C(I)CC)C5)C6)CCCC4)C3)CC(C3(O)CCCC3)(C1)C2. The maximum Gasteiger partial charge on any atom is 0.319 e. The topological polar surface area (TPSA) is 143 Å². The van der Waals surface area contributed by atoms with Crippen LogP contribution in [0.4, 0.5) is 0 Å². The van der Waals surface area contributed by atoms with E-state index in [1.165, 1.54) is 0 Å². The monoisotopic (exact) mass is 1120 g/mol. The third-order valence-corrected chi connectivity index (χ3v) is 23.8. The first-order chi connectivity index (χ1) is 30.1. The maximum absolute atomic E-state index is 13.7. The molecule has 364 valence electrons. The second-order valence-electron chi connectivity index (χ2n) is 25.1. The predicted octanol–water partition coefficient (Wildman–Crippen LogP) is 11.5. The van der Waals surface area contributed by atoms with Gasteiger partial charge in [-0.2, -0.15) is 0 Å². The molecule has 9 atom stereocenters. The number of hydrogen-bond donors (Lipinski definition) is 4. The number of fused-ring (bicyclic) bond motifs is 4. The van der Waals surface area contributed by atoms with Crippen LogP contribution in [0.15, 0.2) is 0 Å². The van der Waals surface area contributed by atoms with Gasteiger partial charge in [0.2, 0.25) is 0 Å². The van der Waals surface area contributed by atoms with Gasteiger partial charge in [0.1, 0.15) is 19.1 Å². The molecule has 9 saturated carbocycles. The lowest BCUT2D eigenvalue weighted by molar-refractivity contribution is -0.274. The smallest absolute Gasteiger partial charge is 0.319 e.